The molecule has 2 N–H and O–H groups in total. The van der Waals surface area contributed by atoms with Gasteiger partial charge in [-0.05, 0) is 43.7 Å². The number of carbonyl (C=O) groups is 2. The van der Waals surface area contributed by atoms with Crippen LogP contribution in [-0.2, 0) is 14.8 Å². The molecule has 0 bridgehead atoms. The summed E-state index contributed by atoms with van der Waals surface area (Å²) in [5.74, 6) is -0.558. The summed E-state index contributed by atoms with van der Waals surface area (Å²) in [6.07, 6.45) is 1.75. The zero-order valence-corrected chi connectivity index (χ0v) is 19.4. The molecule has 1 atom stereocenters. The Bertz CT molecular complexity index is 1060. The fourth-order valence-corrected chi connectivity index (χ4v) is 3.82. The van der Waals surface area contributed by atoms with Gasteiger partial charge in [-0.2, -0.15) is 0 Å². The molecule has 0 saturated carbocycles. The van der Waals surface area contributed by atoms with E-state index in [1.54, 1.807) is 24.3 Å². The lowest BCUT2D eigenvalue weighted by Crippen LogP contribution is -2.38. The third-order valence-electron chi connectivity index (χ3n) is 4.55. The van der Waals surface area contributed by atoms with Gasteiger partial charge in [0.15, 0.2) is 0 Å². The monoisotopic (exact) mass is 467 g/mol. The first-order valence-electron chi connectivity index (χ1n) is 9.57. The maximum Gasteiger partial charge on any atom is 0.253 e. The van der Waals surface area contributed by atoms with E-state index in [9.17, 15) is 18.0 Å². The van der Waals surface area contributed by atoms with Crippen LogP contribution in [0, 0.1) is 0 Å². The van der Waals surface area contributed by atoms with E-state index >= 15 is 0 Å². The van der Waals surface area contributed by atoms with Crippen molar-refractivity contribution in [1.29, 1.82) is 0 Å². The Balaban J connectivity index is 2.25. The Kier molecular flexibility index (Phi) is 8.29. The average Bonchev–Trinajstić information content (AvgIpc) is 2.71. The third kappa shape index (κ3) is 6.60. The second-order valence-corrected chi connectivity index (χ2v) is 9.28. The molecule has 0 aliphatic heterocycles. The smallest absolute Gasteiger partial charge is 0.253 e. The molecular weight excluding hydrogens is 442 g/mol. The first-order chi connectivity index (χ1) is 14.6. The number of carbonyl (C=O) groups excluding carboxylic acids is 2. The van der Waals surface area contributed by atoms with E-state index in [4.69, 9.17) is 16.3 Å². The van der Waals surface area contributed by atoms with Crippen molar-refractivity contribution in [2.24, 2.45) is 0 Å². The van der Waals surface area contributed by atoms with E-state index in [1.165, 1.54) is 25.3 Å². The predicted molar refractivity (Wildman–Crippen MR) is 122 cm³/mol. The molecule has 0 saturated heterocycles. The summed E-state index contributed by atoms with van der Waals surface area (Å²) < 4.78 is 30.7. The summed E-state index contributed by atoms with van der Waals surface area (Å²) >= 11 is 6.11. The van der Waals surface area contributed by atoms with Crippen molar-refractivity contribution in [3.63, 3.8) is 0 Å². The van der Waals surface area contributed by atoms with Gasteiger partial charge in [0.1, 0.15) is 12.3 Å². The van der Waals surface area contributed by atoms with Crippen molar-refractivity contribution in [2.45, 2.75) is 26.3 Å². The molecule has 2 amide bonds. The molecule has 0 aliphatic carbocycles. The Hall–Kier alpha value is -2.78. The number of methoxy groups -OCH3 is 1. The average molecular weight is 468 g/mol. The van der Waals surface area contributed by atoms with Crippen LogP contribution in [0.1, 0.15) is 30.6 Å². The minimum Gasteiger partial charge on any atom is -0.495 e. The molecule has 0 spiro atoms. The van der Waals surface area contributed by atoms with Crippen LogP contribution < -0.4 is 19.7 Å². The SMILES string of the molecule is CCC(C)NC(=O)c1ccccc1NC(=O)CN(c1ccc(OC)c(Cl)c1)S(C)(=O)=O. The maximum atomic E-state index is 12.7. The first kappa shape index (κ1) is 24.5. The van der Waals surface area contributed by atoms with E-state index < -0.39 is 22.5 Å². The largest absolute Gasteiger partial charge is 0.495 e. The molecule has 8 nitrogen and oxygen atoms in total. The van der Waals surface area contributed by atoms with E-state index in [0.717, 1.165) is 17.0 Å². The summed E-state index contributed by atoms with van der Waals surface area (Å²) in [5, 5.41) is 5.68. The van der Waals surface area contributed by atoms with Crippen molar-refractivity contribution in [3.8, 4) is 5.75 Å². The number of ether oxygens (including phenoxy) is 1. The number of anilines is 2. The molecule has 0 heterocycles. The second-order valence-electron chi connectivity index (χ2n) is 6.97. The van der Waals surface area contributed by atoms with Gasteiger partial charge in [0.25, 0.3) is 5.91 Å². The van der Waals surface area contributed by atoms with Gasteiger partial charge in [-0.1, -0.05) is 30.7 Å². The molecule has 0 fully saturated rings. The van der Waals surface area contributed by atoms with Gasteiger partial charge in [0.05, 0.1) is 35.3 Å². The van der Waals surface area contributed by atoms with Crippen LogP contribution in [0.3, 0.4) is 0 Å². The van der Waals surface area contributed by atoms with E-state index in [2.05, 4.69) is 10.6 Å². The third-order valence-corrected chi connectivity index (χ3v) is 5.98. The Morgan fingerprint density at radius 1 is 1.19 bits per heavy atom. The molecule has 168 valence electrons. The van der Waals surface area contributed by atoms with E-state index in [1.807, 2.05) is 13.8 Å². The molecule has 0 aliphatic rings. The predicted octanol–water partition coefficient (Wildman–Crippen LogP) is 3.28. The lowest BCUT2D eigenvalue weighted by atomic mass is 10.1. The molecule has 31 heavy (non-hydrogen) atoms. The summed E-state index contributed by atoms with van der Waals surface area (Å²) in [7, 11) is -2.35. The van der Waals surface area contributed by atoms with Gasteiger partial charge in [0, 0.05) is 6.04 Å². The number of hydrogen-bond donors (Lipinski definition) is 2. The molecule has 2 rings (SSSR count). The zero-order chi connectivity index (χ0) is 23.2. The van der Waals surface area contributed by atoms with Gasteiger partial charge in [-0.25, -0.2) is 8.42 Å². The van der Waals surface area contributed by atoms with Crippen molar-refractivity contribution < 1.29 is 22.7 Å². The number of nitrogens with one attached hydrogen (secondary N) is 2. The second kappa shape index (κ2) is 10.5. The van der Waals surface area contributed by atoms with Crippen LogP contribution in [0.5, 0.6) is 5.75 Å². The zero-order valence-electron chi connectivity index (χ0n) is 17.8. The fourth-order valence-electron chi connectivity index (χ4n) is 2.72. The molecule has 10 heteroatoms. The highest BCUT2D eigenvalue weighted by Crippen LogP contribution is 2.30. The summed E-state index contributed by atoms with van der Waals surface area (Å²) in [5.41, 5.74) is 0.787. The molecular formula is C21H26ClN3O5S. The van der Waals surface area contributed by atoms with Crippen molar-refractivity contribution in [3.05, 3.63) is 53.1 Å². The number of halogens is 1. The highest BCUT2D eigenvalue weighted by Gasteiger charge is 2.23. The van der Waals surface area contributed by atoms with Crippen molar-refractivity contribution >= 4 is 44.8 Å². The van der Waals surface area contributed by atoms with Crippen LogP contribution in [0.25, 0.3) is 0 Å². The number of sulfonamides is 1. The Morgan fingerprint density at radius 2 is 1.87 bits per heavy atom. The van der Waals surface area contributed by atoms with Crippen LogP contribution >= 0.6 is 11.6 Å². The summed E-state index contributed by atoms with van der Waals surface area (Å²) in [6, 6.07) is 10.9. The number of amides is 2. The number of rotatable bonds is 9. The van der Waals surface area contributed by atoms with E-state index in [0.29, 0.717) is 5.75 Å². The summed E-state index contributed by atoms with van der Waals surface area (Å²) in [6.45, 7) is 3.33. The minimum absolute atomic E-state index is 0.0307. The van der Waals surface area contributed by atoms with Crippen LogP contribution in [0.15, 0.2) is 42.5 Å². The van der Waals surface area contributed by atoms with Crippen molar-refractivity contribution in [1.82, 2.24) is 5.32 Å². The number of hydrogen-bond acceptors (Lipinski definition) is 5. The quantitative estimate of drug-likeness (QED) is 0.588. The van der Waals surface area contributed by atoms with Crippen LogP contribution in [-0.4, -0.2) is 46.2 Å². The fraction of sp³-hybridized carbons (Fsp3) is 0.333. The normalized spacial score (nSPS) is 12.0. The Labute approximate surface area is 187 Å². The van der Waals surface area contributed by atoms with Gasteiger partial charge >= 0.3 is 0 Å². The topological polar surface area (TPSA) is 105 Å². The highest BCUT2D eigenvalue weighted by molar-refractivity contribution is 7.92. The van der Waals surface area contributed by atoms with E-state index in [-0.39, 0.29) is 33.9 Å². The number of nitrogens with zero attached hydrogens (tertiary/aromatic N) is 1. The summed E-state index contributed by atoms with van der Waals surface area (Å²) in [4.78, 5) is 25.2. The first-order valence-corrected chi connectivity index (χ1v) is 11.8. The van der Waals surface area contributed by atoms with Gasteiger partial charge in [-0.15, -0.1) is 0 Å². The maximum absolute atomic E-state index is 12.7. The molecule has 0 radical (unpaired) electrons. The molecule has 1 unspecified atom stereocenters. The van der Waals surface area contributed by atoms with Crippen LogP contribution in [0.4, 0.5) is 11.4 Å². The lowest BCUT2D eigenvalue weighted by molar-refractivity contribution is -0.114. The standard InChI is InChI=1S/C21H26ClN3O5S/c1-5-14(2)23-21(27)16-8-6-7-9-18(16)24-20(26)13-25(31(4,28)29)15-10-11-19(30-3)17(22)12-15/h6-12,14H,5,13H2,1-4H3,(H,23,27)(H,24,26). The number of para-hydroxylation sites is 1. The highest BCUT2D eigenvalue weighted by atomic mass is 35.5. The minimum atomic E-state index is -3.79. The van der Waals surface area contributed by atoms with Crippen LogP contribution in [0.2, 0.25) is 5.02 Å². The number of benzene rings is 2. The lowest BCUT2D eigenvalue weighted by Gasteiger charge is -2.23. The molecule has 0 aromatic heterocycles. The molecule has 2 aromatic rings. The van der Waals surface area contributed by atoms with Gasteiger partial charge in [0.2, 0.25) is 15.9 Å². The van der Waals surface area contributed by atoms with Gasteiger partial charge < -0.3 is 15.4 Å². The van der Waals surface area contributed by atoms with Gasteiger partial charge in [-0.3, -0.25) is 13.9 Å². The van der Waals surface area contributed by atoms with Crippen molar-refractivity contribution in [2.75, 3.05) is 29.5 Å². The molecule has 2 aromatic carbocycles. The Morgan fingerprint density at radius 3 is 2.45 bits per heavy atom.